The number of fused-ring (bicyclic) bond motifs is 2. The second-order valence-corrected chi connectivity index (χ2v) is 13.9. The first-order valence-electron chi connectivity index (χ1n) is 15.0. The number of aromatic amines is 2. The van der Waals surface area contributed by atoms with Gasteiger partial charge >= 0.3 is 0 Å². The van der Waals surface area contributed by atoms with Gasteiger partial charge < -0.3 is 31.3 Å². The van der Waals surface area contributed by atoms with Gasteiger partial charge in [0.25, 0.3) is 11.8 Å². The molecule has 2 aromatic heterocycles. The molecule has 260 valence electrons. The molecule has 0 spiro atoms. The van der Waals surface area contributed by atoms with Gasteiger partial charge in [0.1, 0.15) is 21.2 Å². The number of ether oxygens (including phenoxy) is 1. The number of rotatable bonds is 10. The third-order valence-electron chi connectivity index (χ3n) is 6.66. The summed E-state index contributed by atoms with van der Waals surface area (Å²) >= 11 is 3.19. The number of alkyl halides is 1. The second-order valence-electron chi connectivity index (χ2n) is 9.31. The number of hydrogen-bond acceptors (Lipinski definition) is 8. The van der Waals surface area contributed by atoms with E-state index in [9.17, 15) is 26.4 Å². The largest absolute Gasteiger partial charge is 0.395 e. The Kier molecular flexibility index (Phi) is 15.5. The molecule has 2 amide bonds. The van der Waals surface area contributed by atoms with Crippen molar-refractivity contribution in [3.8, 4) is 0 Å². The molecule has 0 aliphatic carbocycles. The molecule has 0 atom stereocenters. The van der Waals surface area contributed by atoms with Crippen LogP contribution in [0.5, 0.6) is 0 Å². The molecule has 1 saturated heterocycles. The molecule has 1 aliphatic heterocycles. The summed E-state index contributed by atoms with van der Waals surface area (Å²) < 4.78 is 59.0. The Labute approximate surface area is 283 Å². The number of halogens is 1. The van der Waals surface area contributed by atoms with Gasteiger partial charge in [0.15, 0.2) is 0 Å². The fourth-order valence-electron chi connectivity index (χ4n) is 4.72. The molecule has 7 N–H and O–H groups in total. The highest BCUT2D eigenvalue weighted by molar-refractivity contribution is 9.09. The molecule has 0 saturated carbocycles. The van der Waals surface area contributed by atoms with Crippen molar-refractivity contribution in [3.05, 3.63) is 59.9 Å². The summed E-state index contributed by atoms with van der Waals surface area (Å²) in [6.07, 6.45) is 0. The number of nitrogens with two attached hydrogens (primary N) is 2. The third-order valence-corrected chi connectivity index (χ3v) is 11.0. The van der Waals surface area contributed by atoms with Gasteiger partial charge in [0.2, 0.25) is 20.0 Å². The van der Waals surface area contributed by atoms with Crippen molar-refractivity contribution in [2.45, 2.75) is 37.5 Å². The summed E-state index contributed by atoms with van der Waals surface area (Å²) in [7, 11) is -7.77. The van der Waals surface area contributed by atoms with Crippen LogP contribution in [0.25, 0.3) is 21.8 Å². The standard InChI is InChI=1S/C13H16BrN3O4S.C13H15N3O4S.2C2H6/c14-5-6-17(7-8-18)22(20,21)12-9-3-1-2-4-10(9)16-11(12)13(15)19;14-13(17)11-12(9-3-1-2-4-10(9)15-11)21(18,19)16-5-7-20-8-6-16;2*1-2/h1-4,16,18H,5-8H2,(H2,15,19);1-4,15H,5-8H2,(H2,14,17);2*1-2H3. The van der Waals surface area contributed by atoms with Crippen LogP contribution in [0, 0.1) is 0 Å². The average Bonchev–Trinajstić information content (AvgIpc) is 3.68. The number of primary amides is 2. The van der Waals surface area contributed by atoms with Crippen molar-refractivity contribution >= 4 is 69.6 Å². The van der Waals surface area contributed by atoms with Gasteiger partial charge in [-0.05, 0) is 12.1 Å². The highest BCUT2D eigenvalue weighted by Crippen LogP contribution is 2.31. The number of H-pyrrole nitrogens is 2. The van der Waals surface area contributed by atoms with Crippen molar-refractivity contribution in [2.24, 2.45) is 11.5 Å². The highest BCUT2D eigenvalue weighted by atomic mass is 79.9. The van der Waals surface area contributed by atoms with Gasteiger partial charge in [0.05, 0.1) is 19.8 Å². The maximum absolute atomic E-state index is 12.9. The quantitative estimate of drug-likeness (QED) is 0.151. The predicted octanol–water partition coefficient (Wildman–Crippen LogP) is 2.98. The fraction of sp³-hybridized carbons (Fsp3) is 0.400. The minimum atomic E-state index is -3.97. The first-order chi connectivity index (χ1) is 22.4. The summed E-state index contributed by atoms with van der Waals surface area (Å²) in [5, 5.41) is 10.4. The predicted molar refractivity (Wildman–Crippen MR) is 186 cm³/mol. The molecule has 1 fully saturated rings. The Morgan fingerprint density at radius 3 is 1.72 bits per heavy atom. The Morgan fingerprint density at radius 2 is 1.28 bits per heavy atom. The molecule has 5 rings (SSSR count). The van der Waals surface area contributed by atoms with Crippen LogP contribution in [0.2, 0.25) is 0 Å². The van der Waals surface area contributed by atoms with Gasteiger partial charge in [-0.25, -0.2) is 16.8 Å². The molecule has 0 unspecified atom stereocenters. The number of morpholine rings is 1. The van der Waals surface area contributed by atoms with Crippen LogP contribution in [0.3, 0.4) is 0 Å². The van der Waals surface area contributed by atoms with Crippen LogP contribution < -0.4 is 11.5 Å². The van der Waals surface area contributed by atoms with Crippen LogP contribution in [0.4, 0.5) is 0 Å². The Balaban J connectivity index is 0.000000296. The number of para-hydroxylation sites is 2. The minimum absolute atomic E-state index is 0.0486. The molecule has 14 nitrogen and oxygen atoms in total. The van der Waals surface area contributed by atoms with Crippen LogP contribution in [0.15, 0.2) is 58.3 Å². The normalized spacial score (nSPS) is 13.6. The van der Waals surface area contributed by atoms with E-state index in [0.29, 0.717) is 40.3 Å². The van der Waals surface area contributed by atoms with E-state index in [-0.39, 0.29) is 54.0 Å². The van der Waals surface area contributed by atoms with Crippen LogP contribution in [0.1, 0.15) is 48.7 Å². The lowest BCUT2D eigenvalue weighted by atomic mass is 10.2. The fourth-order valence-corrected chi connectivity index (χ4v) is 8.91. The van der Waals surface area contributed by atoms with Gasteiger partial charge in [-0.2, -0.15) is 8.61 Å². The van der Waals surface area contributed by atoms with Gasteiger partial charge in [-0.15, -0.1) is 0 Å². The zero-order chi connectivity index (χ0) is 35.4. The molecule has 4 aromatic rings. The average molecular weight is 760 g/mol. The van der Waals surface area contributed by atoms with E-state index in [1.807, 2.05) is 27.7 Å². The molecular weight excluding hydrogens is 716 g/mol. The molecule has 1 aliphatic rings. The number of nitrogens with zero attached hydrogens (tertiary/aromatic N) is 2. The number of aliphatic hydroxyl groups is 1. The number of carbonyl (C=O) groups excluding carboxylic acids is 2. The molecule has 0 radical (unpaired) electrons. The molecule has 0 bridgehead atoms. The van der Waals surface area contributed by atoms with Crippen LogP contribution >= 0.6 is 15.9 Å². The van der Waals surface area contributed by atoms with E-state index >= 15 is 0 Å². The van der Waals surface area contributed by atoms with Crippen molar-refractivity contribution in [1.29, 1.82) is 0 Å². The third kappa shape index (κ3) is 8.98. The monoisotopic (exact) mass is 758 g/mol. The number of aromatic nitrogens is 2. The van der Waals surface area contributed by atoms with Gasteiger partial charge in [0, 0.05) is 53.3 Å². The van der Waals surface area contributed by atoms with Crippen LogP contribution in [-0.4, -0.2) is 104 Å². The lowest BCUT2D eigenvalue weighted by molar-refractivity contribution is 0.0730. The number of hydrogen-bond donors (Lipinski definition) is 5. The van der Waals surface area contributed by atoms with E-state index in [0.717, 1.165) is 4.31 Å². The number of sulfonamides is 2. The van der Waals surface area contributed by atoms with E-state index in [1.54, 1.807) is 48.5 Å². The zero-order valence-corrected chi connectivity index (χ0v) is 30.0. The van der Waals surface area contributed by atoms with E-state index in [1.165, 1.54) is 4.31 Å². The SMILES string of the molecule is CC.CC.NC(=O)c1[nH]c2ccccc2c1S(=O)(=O)N(CCO)CCBr.NC(=O)c1[nH]c2ccccc2c1S(=O)(=O)N1CCOCC1. The number of aliphatic hydroxyl groups excluding tert-OH is 1. The van der Waals surface area contributed by atoms with Crippen molar-refractivity contribution in [2.75, 3.05) is 51.3 Å². The molecular formula is C30H43BrN6O8S2. The van der Waals surface area contributed by atoms with Gasteiger partial charge in [-0.1, -0.05) is 80.0 Å². The number of amides is 2. The van der Waals surface area contributed by atoms with E-state index in [2.05, 4.69) is 25.9 Å². The summed E-state index contributed by atoms with van der Waals surface area (Å²) in [6.45, 7) is 8.99. The van der Waals surface area contributed by atoms with E-state index < -0.39 is 31.9 Å². The minimum Gasteiger partial charge on any atom is -0.395 e. The summed E-state index contributed by atoms with van der Waals surface area (Å²) in [5.74, 6) is -1.64. The number of nitrogens with one attached hydrogen (secondary N) is 2. The number of carbonyl (C=O) groups is 2. The molecule has 2 aromatic carbocycles. The lowest BCUT2D eigenvalue weighted by Crippen LogP contribution is -2.41. The molecule has 3 heterocycles. The van der Waals surface area contributed by atoms with Crippen LogP contribution in [-0.2, 0) is 24.8 Å². The summed E-state index contributed by atoms with van der Waals surface area (Å²) in [5.41, 5.74) is 11.5. The van der Waals surface area contributed by atoms with Gasteiger partial charge in [-0.3, -0.25) is 9.59 Å². The van der Waals surface area contributed by atoms with Crippen molar-refractivity contribution in [1.82, 2.24) is 18.6 Å². The topological polar surface area (TPSA) is 222 Å². The first kappa shape index (κ1) is 39.9. The summed E-state index contributed by atoms with van der Waals surface area (Å²) in [6, 6.07) is 13.5. The molecule has 17 heteroatoms. The maximum Gasteiger partial charge on any atom is 0.266 e. The smallest absolute Gasteiger partial charge is 0.266 e. The molecule has 47 heavy (non-hydrogen) atoms. The Morgan fingerprint density at radius 1 is 0.830 bits per heavy atom. The zero-order valence-electron chi connectivity index (χ0n) is 26.8. The Bertz CT molecular complexity index is 1850. The van der Waals surface area contributed by atoms with Crippen molar-refractivity contribution in [3.63, 3.8) is 0 Å². The maximum atomic E-state index is 12.9. The Hall–Kier alpha value is -3.32. The van der Waals surface area contributed by atoms with E-state index in [4.69, 9.17) is 21.3 Å². The lowest BCUT2D eigenvalue weighted by Gasteiger charge is -2.26. The highest BCUT2D eigenvalue weighted by Gasteiger charge is 2.34. The summed E-state index contributed by atoms with van der Waals surface area (Å²) in [4.78, 5) is 28.6. The van der Waals surface area contributed by atoms with Crippen molar-refractivity contribution < 1.29 is 36.3 Å². The first-order valence-corrected chi connectivity index (χ1v) is 19.0. The number of benzene rings is 2. The second kappa shape index (κ2) is 18.3.